The second kappa shape index (κ2) is 5.57. The molecular weight excluding hydrogens is 242 g/mol. The molecule has 5 nitrogen and oxygen atoms in total. The van der Waals surface area contributed by atoms with Crippen molar-refractivity contribution in [2.24, 2.45) is 0 Å². The molecule has 0 amide bonds. The summed E-state index contributed by atoms with van der Waals surface area (Å²) in [6.45, 7) is 6.06. The first-order chi connectivity index (χ1) is 8.95. The number of hydrogen-bond acceptors (Lipinski definition) is 4. The number of aromatic carboxylic acids is 1. The van der Waals surface area contributed by atoms with Gasteiger partial charge in [0, 0.05) is 18.3 Å². The quantitative estimate of drug-likeness (QED) is 0.870. The van der Waals surface area contributed by atoms with E-state index in [0.717, 1.165) is 25.2 Å². The highest BCUT2D eigenvalue weighted by Gasteiger charge is 2.20. The molecule has 1 atom stereocenters. The maximum absolute atomic E-state index is 11.2. The van der Waals surface area contributed by atoms with Gasteiger partial charge in [0.05, 0.1) is 5.56 Å². The molecule has 1 aliphatic heterocycles. The summed E-state index contributed by atoms with van der Waals surface area (Å²) >= 11 is 0. The molecule has 0 radical (unpaired) electrons. The first-order valence-electron chi connectivity index (χ1n) is 6.66. The van der Waals surface area contributed by atoms with Gasteiger partial charge in [0.15, 0.2) is 0 Å². The van der Waals surface area contributed by atoms with Crippen LogP contribution in [0.25, 0.3) is 0 Å². The molecule has 19 heavy (non-hydrogen) atoms. The fraction of sp³-hybridized carbons (Fsp3) is 0.571. The molecule has 1 aliphatic rings. The third-order valence-corrected chi connectivity index (χ3v) is 3.43. The second-order valence-corrected chi connectivity index (χ2v) is 5.52. The van der Waals surface area contributed by atoms with E-state index >= 15 is 0 Å². The monoisotopic (exact) mass is 263 g/mol. The zero-order valence-electron chi connectivity index (χ0n) is 11.7. The average molecular weight is 263 g/mol. The van der Waals surface area contributed by atoms with Crippen LogP contribution < -0.4 is 5.32 Å². The average Bonchev–Trinajstić information content (AvgIpc) is 2.74. The number of nitrogens with zero attached hydrogens (tertiary/aromatic N) is 2. The van der Waals surface area contributed by atoms with E-state index < -0.39 is 5.97 Å². The summed E-state index contributed by atoms with van der Waals surface area (Å²) in [6.07, 6.45) is 1.06. The van der Waals surface area contributed by atoms with Crippen LogP contribution in [-0.4, -0.2) is 47.1 Å². The van der Waals surface area contributed by atoms with Crippen molar-refractivity contribution in [3.8, 4) is 0 Å². The molecule has 0 aromatic carbocycles. The molecule has 0 spiro atoms. The number of carboxylic acid groups (broad SMARTS) is 1. The van der Waals surface area contributed by atoms with Gasteiger partial charge < -0.3 is 15.3 Å². The van der Waals surface area contributed by atoms with E-state index in [1.807, 2.05) is 13.8 Å². The Balaban J connectivity index is 2.21. The maximum Gasteiger partial charge on any atom is 0.335 e. The lowest BCUT2D eigenvalue weighted by Crippen LogP contribution is -2.24. The molecule has 1 unspecified atom stereocenters. The first kappa shape index (κ1) is 13.8. The first-order valence-corrected chi connectivity index (χ1v) is 6.66. The topological polar surface area (TPSA) is 65.5 Å². The summed E-state index contributed by atoms with van der Waals surface area (Å²) in [5.74, 6) is -0.0223. The summed E-state index contributed by atoms with van der Waals surface area (Å²) in [6, 6.07) is 3.62. The van der Waals surface area contributed by atoms with E-state index in [2.05, 4.69) is 22.2 Å². The number of rotatable bonds is 4. The molecule has 104 valence electrons. The molecule has 0 bridgehead atoms. The molecule has 1 saturated heterocycles. The van der Waals surface area contributed by atoms with Crippen LogP contribution in [0.1, 0.15) is 42.2 Å². The SMILES string of the molecule is CC(C)c1cc(C(=O)O)cc(NC2CCN(C)C2)n1. The number of carbonyl (C=O) groups is 1. The van der Waals surface area contributed by atoms with E-state index in [4.69, 9.17) is 5.11 Å². The van der Waals surface area contributed by atoms with Crippen LogP contribution >= 0.6 is 0 Å². The number of likely N-dealkylation sites (N-methyl/N-ethyl adjacent to an activating group) is 1. The molecule has 1 aromatic heterocycles. The number of likely N-dealkylation sites (tertiary alicyclic amines) is 1. The van der Waals surface area contributed by atoms with Crippen LogP contribution in [0.15, 0.2) is 12.1 Å². The van der Waals surface area contributed by atoms with Crippen molar-refractivity contribution in [2.45, 2.75) is 32.2 Å². The van der Waals surface area contributed by atoms with Gasteiger partial charge in [-0.3, -0.25) is 0 Å². The highest BCUT2D eigenvalue weighted by molar-refractivity contribution is 5.88. The molecule has 2 rings (SSSR count). The molecule has 2 heterocycles. The van der Waals surface area contributed by atoms with Crippen molar-refractivity contribution in [1.29, 1.82) is 0 Å². The summed E-state index contributed by atoms with van der Waals surface area (Å²) < 4.78 is 0. The normalized spacial score (nSPS) is 19.9. The summed E-state index contributed by atoms with van der Waals surface area (Å²) in [4.78, 5) is 17.9. The van der Waals surface area contributed by atoms with Gasteiger partial charge in [0.25, 0.3) is 0 Å². The number of anilines is 1. The second-order valence-electron chi connectivity index (χ2n) is 5.52. The largest absolute Gasteiger partial charge is 0.478 e. The molecule has 0 aliphatic carbocycles. The highest BCUT2D eigenvalue weighted by atomic mass is 16.4. The molecule has 0 saturated carbocycles. The van der Waals surface area contributed by atoms with Crippen molar-refractivity contribution >= 4 is 11.8 Å². The number of carboxylic acids is 1. The van der Waals surface area contributed by atoms with E-state index in [0.29, 0.717) is 17.4 Å². The van der Waals surface area contributed by atoms with Gasteiger partial charge in [0.1, 0.15) is 5.82 Å². The molecule has 5 heteroatoms. The lowest BCUT2D eigenvalue weighted by molar-refractivity contribution is 0.0696. The Morgan fingerprint density at radius 3 is 2.79 bits per heavy atom. The number of hydrogen-bond donors (Lipinski definition) is 2. The van der Waals surface area contributed by atoms with E-state index in [1.54, 1.807) is 12.1 Å². The van der Waals surface area contributed by atoms with Crippen molar-refractivity contribution in [2.75, 3.05) is 25.5 Å². The van der Waals surface area contributed by atoms with Gasteiger partial charge in [-0.2, -0.15) is 0 Å². The number of aromatic nitrogens is 1. The van der Waals surface area contributed by atoms with E-state index in [1.165, 1.54) is 0 Å². The van der Waals surface area contributed by atoms with Crippen molar-refractivity contribution < 1.29 is 9.90 Å². The summed E-state index contributed by atoms with van der Waals surface area (Å²) in [5.41, 5.74) is 1.11. The Hall–Kier alpha value is -1.62. The van der Waals surface area contributed by atoms with Crippen LogP contribution in [0, 0.1) is 0 Å². The zero-order chi connectivity index (χ0) is 14.0. The Kier molecular flexibility index (Phi) is 4.04. The molecule has 2 N–H and O–H groups in total. The Morgan fingerprint density at radius 1 is 1.53 bits per heavy atom. The molecule has 1 aromatic rings. The van der Waals surface area contributed by atoms with Crippen LogP contribution in [0.2, 0.25) is 0 Å². The summed E-state index contributed by atoms with van der Waals surface area (Å²) in [7, 11) is 2.09. The Labute approximate surface area is 113 Å². The Bertz CT molecular complexity index is 474. The minimum Gasteiger partial charge on any atom is -0.478 e. The predicted octanol–water partition coefficient (Wildman–Crippen LogP) is 2.02. The van der Waals surface area contributed by atoms with Crippen LogP contribution in [0.4, 0.5) is 5.82 Å². The third-order valence-electron chi connectivity index (χ3n) is 3.43. The van der Waals surface area contributed by atoms with Crippen molar-refractivity contribution in [1.82, 2.24) is 9.88 Å². The minimum atomic E-state index is -0.907. The number of nitrogens with one attached hydrogen (secondary N) is 1. The maximum atomic E-state index is 11.2. The van der Waals surface area contributed by atoms with Crippen LogP contribution in [0.3, 0.4) is 0 Å². The fourth-order valence-electron chi connectivity index (χ4n) is 2.31. The van der Waals surface area contributed by atoms with Crippen molar-refractivity contribution in [3.05, 3.63) is 23.4 Å². The fourth-order valence-corrected chi connectivity index (χ4v) is 2.31. The third kappa shape index (κ3) is 3.44. The van der Waals surface area contributed by atoms with Crippen molar-refractivity contribution in [3.63, 3.8) is 0 Å². The van der Waals surface area contributed by atoms with Crippen LogP contribution in [0.5, 0.6) is 0 Å². The van der Waals surface area contributed by atoms with Crippen LogP contribution in [-0.2, 0) is 0 Å². The predicted molar refractivity (Wildman–Crippen MR) is 74.8 cm³/mol. The van der Waals surface area contributed by atoms with E-state index in [9.17, 15) is 4.79 Å². The highest BCUT2D eigenvalue weighted by Crippen LogP contribution is 2.20. The lowest BCUT2D eigenvalue weighted by atomic mass is 10.1. The van der Waals surface area contributed by atoms with E-state index in [-0.39, 0.29) is 5.92 Å². The number of pyridine rings is 1. The van der Waals surface area contributed by atoms with Gasteiger partial charge in [-0.05, 0) is 38.1 Å². The standard InChI is InChI=1S/C14H21N3O2/c1-9(2)12-6-10(14(18)19)7-13(16-12)15-11-4-5-17(3)8-11/h6-7,9,11H,4-5,8H2,1-3H3,(H,15,16)(H,18,19). The lowest BCUT2D eigenvalue weighted by Gasteiger charge is -2.16. The van der Waals surface area contributed by atoms with Gasteiger partial charge >= 0.3 is 5.97 Å². The summed E-state index contributed by atoms with van der Waals surface area (Å²) in [5, 5.41) is 12.5. The van der Waals surface area contributed by atoms with Gasteiger partial charge in [-0.1, -0.05) is 13.8 Å². The van der Waals surface area contributed by atoms with Gasteiger partial charge in [-0.25, -0.2) is 9.78 Å². The smallest absolute Gasteiger partial charge is 0.335 e. The molecule has 1 fully saturated rings. The van der Waals surface area contributed by atoms with Gasteiger partial charge in [-0.15, -0.1) is 0 Å². The van der Waals surface area contributed by atoms with Gasteiger partial charge in [0.2, 0.25) is 0 Å². The zero-order valence-corrected chi connectivity index (χ0v) is 11.7. The minimum absolute atomic E-state index is 0.214. The molecular formula is C14H21N3O2. The Morgan fingerprint density at radius 2 is 2.26 bits per heavy atom.